The molecule has 0 saturated heterocycles. The summed E-state index contributed by atoms with van der Waals surface area (Å²) in [4.78, 5) is 23.1. The van der Waals surface area contributed by atoms with Crippen molar-refractivity contribution in [2.45, 2.75) is 25.7 Å². The lowest BCUT2D eigenvalue weighted by atomic mass is 9.86. The molecule has 114 valence electrons. The van der Waals surface area contributed by atoms with Crippen LogP contribution in [0.3, 0.4) is 0 Å². The Kier molecular flexibility index (Phi) is 4.20. The monoisotopic (exact) mass is 301 g/mol. The van der Waals surface area contributed by atoms with Gasteiger partial charge >= 0.3 is 5.97 Å². The number of hydrogen-bond acceptors (Lipinski definition) is 2. The van der Waals surface area contributed by atoms with E-state index < -0.39 is 34.7 Å². The summed E-state index contributed by atoms with van der Waals surface area (Å²) in [5, 5.41) is 11.6. The van der Waals surface area contributed by atoms with Crippen molar-refractivity contribution in [2.75, 3.05) is 6.54 Å². The van der Waals surface area contributed by atoms with Gasteiger partial charge in [0.2, 0.25) is 0 Å². The second kappa shape index (κ2) is 5.75. The molecule has 1 aromatic carbocycles. The number of rotatable bonds is 4. The Bertz CT molecular complexity index is 560. The van der Waals surface area contributed by atoms with E-state index in [1.165, 1.54) is 0 Å². The SMILES string of the molecule is O=C(NCC1(C(=O)O)CCCC1)c1cc(F)c(F)c(F)c1. The summed E-state index contributed by atoms with van der Waals surface area (Å²) in [5.41, 5.74) is -1.42. The summed E-state index contributed by atoms with van der Waals surface area (Å²) < 4.78 is 38.9. The van der Waals surface area contributed by atoms with Crippen LogP contribution in [0.4, 0.5) is 13.2 Å². The molecular formula is C14H14F3NO3. The van der Waals surface area contributed by atoms with Crippen LogP contribution in [-0.2, 0) is 4.79 Å². The Morgan fingerprint density at radius 1 is 1.14 bits per heavy atom. The van der Waals surface area contributed by atoms with Gasteiger partial charge in [-0.2, -0.15) is 0 Å². The average molecular weight is 301 g/mol. The van der Waals surface area contributed by atoms with Gasteiger partial charge in [-0.3, -0.25) is 9.59 Å². The lowest BCUT2D eigenvalue weighted by molar-refractivity contribution is -0.148. The van der Waals surface area contributed by atoms with Crippen molar-refractivity contribution in [2.24, 2.45) is 5.41 Å². The van der Waals surface area contributed by atoms with E-state index in [-0.39, 0.29) is 12.1 Å². The highest BCUT2D eigenvalue weighted by Gasteiger charge is 2.41. The minimum Gasteiger partial charge on any atom is -0.481 e. The first-order chi connectivity index (χ1) is 9.85. The van der Waals surface area contributed by atoms with Gasteiger partial charge in [0, 0.05) is 12.1 Å². The molecule has 0 heterocycles. The van der Waals surface area contributed by atoms with E-state index in [9.17, 15) is 27.9 Å². The molecule has 21 heavy (non-hydrogen) atoms. The molecule has 2 N–H and O–H groups in total. The van der Waals surface area contributed by atoms with E-state index in [0.29, 0.717) is 25.0 Å². The number of carbonyl (C=O) groups is 2. The minimum atomic E-state index is -1.65. The van der Waals surface area contributed by atoms with Crippen molar-refractivity contribution >= 4 is 11.9 Å². The number of carbonyl (C=O) groups excluding carboxylic acids is 1. The summed E-state index contributed by atoms with van der Waals surface area (Å²) >= 11 is 0. The number of carboxylic acid groups (broad SMARTS) is 1. The van der Waals surface area contributed by atoms with Crippen LogP contribution in [0.2, 0.25) is 0 Å². The summed E-state index contributed by atoms with van der Waals surface area (Å²) in [6, 6.07) is 1.16. The lowest BCUT2D eigenvalue weighted by Gasteiger charge is -2.23. The molecule has 1 aromatic rings. The van der Waals surface area contributed by atoms with Gasteiger partial charge in [-0.15, -0.1) is 0 Å². The van der Waals surface area contributed by atoms with Gasteiger partial charge in [0.05, 0.1) is 5.41 Å². The molecule has 2 rings (SSSR count). The molecular weight excluding hydrogens is 287 g/mol. The van der Waals surface area contributed by atoms with Crippen LogP contribution in [0, 0.1) is 22.9 Å². The molecule has 1 aliphatic rings. The van der Waals surface area contributed by atoms with Crippen LogP contribution in [0.25, 0.3) is 0 Å². The van der Waals surface area contributed by atoms with Gasteiger partial charge in [-0.1, -0.05) is 12.8 Å². The first-order valence-corrected chi connectivity index (χ1v) is 6.52. The Morgan fingerprint density at radius 2 is 1.67 bits per heavy atom. The fourth-order valence-corrected chi connectivity index (χ4v) is 2.56. The number of aliphatic carboxylic acids is 1. The number of hydrogen-bond donors (Lipinski definition) is 2. The van der Waals surface area contributed by atoms with Gasteiger partial charge in [-0.25, -0.2) is 13.2 Å². The highest BCUT2D eigenvalue weighted by atomic mass is 19.2. The average Bonchev–Trinajstić information content (AvgIpc) is 2.91. The van der Waals surface area contributed by atoms with Crippen molar-refractivity contribution in [3.63, 3.8) is 0 Å². The summed E-state index contributed by atoms with van der Waals surface area (Å²) in [6.45, 7) is -0.123. The fraction of sp³-hybridized carbons (Fsp3) is 0.429. The smallest absolute Gasteiger partial charge is 0.311 e. The zero-order valence-corrected chi connectivity index (χ0v) is 11.1. The van der Waals surface area contributed by atoms with Gasteiger partial charge < -0.3 is 10.4 Å². The van der Waals surface area contributed by atoms with Gasteiger partial charge in [-0.05, 0) is 25.0 Å². The fourth-order valence-electron chi connectivity index (χ4n) is 2.56. The number of benzene rings is 1. The molecule has 1 fully saturated rings. The van der Waals surface area contributed by atoms with Crippen LogP contribution in [0.5, 0.6) is 0 Å². The summed E-state index contributed by atoms with van der Waals surface area (Å²) in [5.74, 6) is -6.41. The molecule has 1 aliphatic carbocycles. The normalized spacial score (nSPS) is 16.7. The molecule has 0 unspecified atom stereocenters. The number of nitrogens with one attached hydrogen (secondary N) is 1. The second-order valence-electron chi connectivity index (χ2n) is 5.23. The maximum absolute atomic E-state index is 13.1. The maximum Gasteiger partial charge on any atom is 0.311 e. The molecule has 0 radical (unpaired) electrons. The second-order valence-corrected chi connectivity index (χ2v) is 5.23. The van der Waals surface area contributed by atoms with E-state index >= 15 is 0 Å². The first kappa shape index (κ1) is 15.3. The van der Waals surface area contributed by atoms with Gasteiger partial charge in [0.25, 0.3) is 5.91 Å². The molecule has 4 nitrogen and oxygen atoms in total. The Labute approximate surface area is 119 Å². The summed E-state index contributed by atoms with van der Waals surface area (Å²) in [7, 11) is 0. The van der Waals surface area contributed by atoms with E-state index in [2.05, 4.69) is 5.32 Å². The third-order valence-electron chi connectivity index (χ3n) is 3.85. The van der Waals surface area contributed by atoms with Crippen molar-refractivity contribution in [1.29, 1.82) is 0 Å². The van der Waals surface area contributed by atoms with Crippen LogP contribution < -0.4 is 5.32 Å². The predicted molar refractivity (Wildman–Crippen MR) is 67.2 cm³/mol. The van der Waals surface area contributed by atoms with E-state index in [4.69, 9.17) is 0 Å². The van der Waals surface area contributed by atoms with Crippen LogP contribution in [0.15, 0.2) is 12.1 Å². The molecule has 0 aliphatic heterocycles. The lowest BCUT2D eigenvalue weighted by Crippen LogP contribution is -2.41. The third-order valence-corrected chi connectivity index (χ3v) is 3.85. The van der Waals surface area contributed by atoms with Crippen molar-refractivity contribution in [3.05, 3.63) is 35.1 Å². The zero-order chi connectivity index (χ0) is 15.6. The van der Waals surface area contributed by atoms with Crippen molar-refractivity contribution in [3.8, 4) is 0 Å². The van der Waals surface area contributed by atoms with Gasteiger partial charge in [0.1, 0.15) is 0 Å². The highest BCUT2D eigenvalue weighted by molar-refractivity contribution is 5.94. The molecule has 1 amide bonds. The van der Waals surface area contributed by atoms with Crippen molar-refractivity contribution in [1.82, 2.24) is 5.32 Å². The van der Waals surface area contributed by atoms with Crippen LogP contribution in [0.1, 0.15) is 36.0 Å². The van der Waals surface area contributed by atoms with E-state index in [1.807, 2.05) is 0 Å². The molecule has 0 bridgehead atoms. The number of carboxylic acids is 1. The first-order valence-electron chi connectivity index (χ1n) is 6.52. The maximum atomic E-state index is 13.1. The molecule has 0 aromatic heterocycles. The third kappa shape index (κ3) is 3.01. The number of amides is 1. The largest absolute Gasteiger partial charge is 0.481 e. The van der Waals surface area contributed by atoms with Crippen molar-refractivity contribution < 1.29 is 27.9 Å². The standard InChI is InChI=1S/C14H14F3NO3/c15-9-5-8(6-10(16)11(9)17)12(19)18-7-14(13(20)21)3-1-2-4-14/h5-6H,1-4,7H2,(H,18,19)(H,20,21). The summed E-state index contributed by atoms with van der Waals surface area (Å²) in [6.07, 6.45) is 2.38. The Balaban J connectivity index is 2.10. The predicted octanol–water partition coefficient (Wildman–Crippen LogP) is 2.48. The van der Waals surface area contributed by atoms with Crippen LogP contribution >= 0.6 is 0 Å². The zero-order valence-electron chi connectivity index (χ0n) is 11.1. The minimum absolute atomic E-state index is 0.123. The molecule has 0 atom stereocenters. The van der Waals surface area contributed by atoms with Crippen LogP contribution in [-0.4, -0.2) is 23.5 Å². The molecule has 0 spiro atoms. The Hall–Kier alpha value is -2.05. The molecule has 1 saturated carbocycles. The molecule has 7 heteroatoms. The topological polar surface area (TPSA) is 66.4 Å². The number of halogens is 3. The Morgan fingerprint density at radius 3 is 2.14 bits per heavy atom. The van der Waals surface area contributed by atoms with Gasteiger partial charge in [0.15, 0.2) is 17.5 Å². The van der Waals surface area contributed by atoms with E-state index in [0.717, 1.165) is 12.8 Å². The quantitative estimate of drug-likeness (QED) is 0.840. The van der Waals surface area contributed by atoms with E-state index in [1.54, 1.807) is 0 Å². The highest BCUT2D eigenvalue weighted by Crippen LogP contribution is 2.37.